The first kappa shape index (κ1) is 16.9. The Balaban J connectivity index is 1.86. The molecule has 3 aromatic heterocycles. The molecule has 4 aromatic rings. The van der Waals surface area contributed by atoms with E-state index in [2.05, 4.69) is 10.1 Å². The van der Waals surface area contributed by atoms with Crippen molar-refractivity contribution in [3.8, 4) is 0 Å². The Morgan fingerprint density at radius 1 is 1.18 bits per heavy atom. The van der Waals surface area contributed by atoms with Crippen LogP contribution in [0.1, 0.15) is 38.6 Å². The second-order valence-corrected chi connectivity index (χ2v) is 6.97. The van der Waals surface area contributed by atoms with E-state index < -0.39 is 0 Å². The Morgan fingerprint density at radius 2 is 1.93 bits per heavy atom. The van der Waals surface area contributed by atoms with Crippen LogP contribution in [0.4, 0.5) is 0 Å². The van der Waals surface area contributed by atoms with Crippen LogP contribution in [0, 0.1) is 0 Å². The van der Waals surface area contributed by atoms with Crippen molar-refractivity contribution in [2.24, 2.45) is 5.10 Å². The molecule has 1 aromatic carbocycles. The molecule has 0 N–H and O–H groups in total. The molecule has 0 unspecified atom stereocenters. The maximum Gasteiger partial charge on any atom is 0.265 e. The zero-order valence-electron chi connectivity index (χ0n) is 15.6. The fourth-order valence-corrected chi connectivity index (χ4v) is 3.94. The van der Waals surface area contributed by atoms with Crippen LogP contribution in [-0.2, 0) is 4.74 Å². The molecular formula is C20H20N6O2. The predicted molar refractivity (Wildman–Crippen MR) is 108 cm³/mol. The van der Waals surface area contributed by atoms with Crippen molar-refractivity contribution < 1.29 is 4.74 Å². The molecular weight excluding hydrogens is 356 g/mol. The van der Waals surface area contributed by atoms with E-state index in [1.807, 2.05) is 31.2 Å². The number of fused-ring (bicyclic) bond motifs is 4. The molecule has 0 aliphatic heterocycles. The number of aromatic nitrogens is 5. The van der Waals surface area contributed by atoms with Gasteiger partial charge in [0.25, 0.3) is 5.56 Å². The molecule has 3 heterocycles. The number of para-hydroxylation sites is 2. The van der Waals surface area contributed by atoms with Crippen LogP contribution < -0.4 is 5.56 Å². The number of ether oxygens (including phenoxy) is 1. The molecule has 1 fully saturated rings. The van der Waals surface area contributed by atoms with Crippen molar-refractivity contribution in [3.63, 3.8) is 0 Å². The van der Waals surface area contributed by atoms with Gasteiger partial charge in [-0.05, 0) is 31.9 Å². The first-order valence-corrected chi connectivity index (χ1v) is 9.60. The van der Waals surface area contributed by atoms with Gasteiger partial charge in [0, 0.05) is 6.04 Å². The summed E-state index contributed by atoms with van der Waals surface area (Å²) in [6, 6.07) is 7.79. The fraction of sp³-hybridized carbons (Fsp3) is 0.350. The van der Waals surface area contributed by atoms with Gasteiger partial charge in [-0.15, -0.1) is 5.10 Å². The van der Waals surface area contributed by atoms with Crippen LogP contribution in [0.25, 0.3) is 33.2 Å². The molecule has 8 heteroatoms. The van der Waals surface area contributed by atoms with Gasteiger partial charge in [-0.2, -0.15) is 4.68 Å². The predicted octanol–water partition coefficient (Wildman–Crippen LogP) is 3.24. The summed E-state index contributed by atoms with van der Waals surface area (Å²) in [4.78, 5) is 27.4. The van der Waals surface area contributed by atoms with Gasteiger partial charge in [-0.25, -0.2) is 15.0 Å². The number of hydrogen-bond donors (Lipinski definition) is 0. The van der Waals surface area contributed by atoms with Gasteiger partial charge >= 0.3 is 0 Å². The van der Waals surface area contributed by atoms with Gasteiger partial charge in [-0.3, -0.25) is 9.36 Å². The Kier molecular flexibility index (Phi) is 4.03. The topological polar surface area (TPSA) is 87.2 Å². The molecule has 28 heavy (non-hydrogen) atoms. The van der Waals surface area contributed by atoms with E-state index in [0.29, 0.717) is 28.8 Å². The summed E-state index contributed by atoms with van der Waals surface area (Å²) in [5.74, 6) is 0. The minimum absolute atomic E-state index is 0.0863. The lowest BCUT2D eigenvalue weighted by molar-refractivity contribution is 0.341. The maximum absolute atomic E-state index is 13.4. The summed E-state index contributed by atoms with van der Waals surface area (Å²) in [7, 11) is 0. The van der Waals surface area contributed by atoms with Crippen molar-refractivity contribution in [2.45, 2.75) is 38.6 Å². The summed E-state index contributed by atoms with van der Waals surface area (Å²) < 4.78 is 8.55. The lowest BCUT2D eigenvalue weighted by Crippen LogP contribution is -2.23. The van der Waals surface area contributed by atoms with E-state index in [1.165, 1.54) is 6.40 Å². The fourth-order valence-electron chi connectivity index (χ4n) is 3.94. The number of benzene rings is 1. The van der Waals surface area contributed by atoms with Gasteiger partial charge in [0.05, 0.1) is 17.6 Å². The molecule has 0 amide bonds. The van der Waals surface area contributed by atoms with Gasteiger partial charge in [-0.1, -0.05) is 25.0 Å². The summed E-state index contributed by atoms with van der Waals surface area (Å²) in [6.07, 6.45) is 7.26. The lowest BCUT2D eigenvalue weighted by Gasteiger charge is -2.12. The van der Waals surface area contributed by atoms with E-state index in [-0.39, 0.29) is 11.6 Å². The molecule has 142 valence electrons. The van der Waals surface area contributed by atoms with Crippen molar-refractivity contribution in [1.82, 2.24) is 24.2 Å². The van der Waals surface area contributed by atoms with Gasteiger partial charge in [0.2, 0.25) is 0 Å². The number of rotatable bonds is 4. The third-order valence-electron chi connectivity index (χ3n) is 5.29. The average Bonchev–Trinajstić information content (AvgIpc) is 3.34. The molecule has 0 atom stereocenters. The van der Waals surface area contributed by atoms with E-state index in [0.717, 1.165) is 36.7 Å². The van der Waals surface area contributed by atoms with Crippen LogP contribution in [0.5, 0.6) is 0 Å². The van der Waals surface area contributed by atoms with Crippen molar-refractivity contribution in [1.29, 1.82) is 0 Å². The zero-order valence-corrected chi connectivity index (χ0v) is 15.6. The minimum Gasteiger partial charge on any atom is -0.482 e. The molecule has 0 radical (unpaired) electrons. The van der Waals surface area contributed by atoms with Crippen LogP contribution in [0.3, 0.4) is 0 Å². The Morgan fingerprint density at radius 3 is 2.68 bits per heavy atom. The monoisotopic (exact) mass is 376 g/mol. The van der Waals surface area contributed by atoms with Crippen molar-refractivity contribution >= 4 is 39.6 Å². The van der Waals surface area contributed by atoms with Crippen LogP contribution in [-0.4, -0.2) is 37.2 Å². The third kappa shape index (κ3) is 2.56. The number of nitrogens with zero attached hydrogens (tertiary/aromatic N) is 6. The molecule has 0 saturated heterocycles. The molecule has 1 aliphatic carbocycles. The molecule has 5 rings (SSSR count). The van der Waals surface area contributed by atoms with Gasteiger partial charge < -0.3 is 4.74 Å². The Bertz CT molecular complexity index is 1270. The number of hydrogen-bond acceptors (Lipinski definition) is 6. The quantitative estimate of drug-likeness (QED) is 0.403. The third-order valence-corrected chi connectivity index (χ3v) is 5.29. The molecule has 0 spiro atoms. The molecule has 1 aliphatic rings. The summed E-state index contributed by atoms with van der Waals surface area (Å²) >= 11 is 0. The summed E-state index contributed by atoms with van der Waals surface area (Å²) in [6.45, 7) is 2.38. The largest absolute Gasteiger partial charge is 0.482 e. The van der Waals surface area contributed by atoms with Crippen LogP contribution in [0.15, 0.2) is 40.5 Å². The highest BCUT2D eigenvalue weighted by atomic mass is 16.5. The zero-order chi connectivity index (χ0) is 19.1. The van der Waals surface area contributed by atoms with Crippen molar-refractivity contribution in [3.05, 3.63) is 40.9 Å². The van der Waals surface area contributed by atoms with E-state index >= 15 is 0 Å². The van der Waals surface area contributed by atoms with E-state index in [9.17, 15) is 4.79 Å². The molecule has 0 bridgehead atoms. The van der Waals surface area contributed by atoms with Crippen LogP contribution in [0.2, 0.25) is 0 Å². The summed E-state index contributed by atoms with van der Waals surface area (Å²) in [5.41, 5.74) is 2.85. The highest BCUT2D eigenvalue weighted by Gasteiger charge is 2.23. The van der Waals surface area contributed by atoms with Crippen LogP contribution >= 0.6 is 0 Å². The first-order chi connectivity index (χ1) is 13.8. The van der Waals surface area contributed by atoms with E-state index in [4.69, 9.17) is 14.7 Å². The average molecular weight is 376 g/mol. The summed E-state index contributed by atoms with van der Waals surface area (Å²) in [5, 5.41) is 4.80. The van der Waals surface area contributed by atoms with E-state index in [1.54, 1.807) is 15.6 Å². The second kappa shape index (κ2) is 6.70. The Hall–Kier alpha value is -3.29. The van der Waals surface area contributed by atoms with Crippen molar-refractivity contribution in [2.75, 3.05) is 6.61 Å². The van der Waals surface area contributed by atoms with Gasteiger partial charge in [0.1, 0.15) is 17.2 Å². The SMILES string of the molecule is CCO/C=N/n1c2nc3ccccc3nc2c2c(=O)n(C3CCCC3)cnc21. The molecule has 1 saturated carbocycles. The smallest absolute Gasteiger partial charge is 0.265 e. The normalized spacial score (nSPS) is 15.5. The first-order valence-electron chi connectivity index (χ1n) is 9.60. The molecule has 8 nitrogen and oxygen atoms in total. The second-order valence-electron chi connectivity index (χ2n) is 6.97. The maximum atomic E-state index is 13.4. The minimum atomic E-state index is -0.0863. The standard InChI is InChI=1S/C20H20N6O2/c1-2-28-12-22-26-18-16(20(27)25(11-21-18)13-7-3-4-8-13)17-19(26)24-15-10-6-5-9-14(15)23-17/h5-6,9-13H,2-4,7-8H2,1H3/b22-12+. The van der Waals surface area contributed by atoms with Gasteiger partial charge in [0.15, 0.2) is 17.7 Å². The Labute approximate surface area is 160 Å². The highest BCUT2D eigenvalue weighted by Crippen LogP contribution is 2.30. The lowest BCUT2D eigenvalue weighted by atomic mass is 10.2. The highest BCUT2D eigenvalue weighted by molar-refractivity contribution is 6.04.